The number of benzene rings is 1. The van der Waals surface area contributed by atoms with E-state index >= 15 is 0 Å². The molecule has 5 rings (SSSR count). The monoisotopic (exact) mass is 380 g/mol. The Bertz CT molecular complexity index is 808. The largest absolute Gasteiger partial charge is 0.433 e. The van der Waals surface area contributed by atoms with E-state index in [0.717, 1.165) is 38.5 Å². The van der Waals surface area contributed by atoms with Gasteiger partial charge in [0.25, 0.3) is 11.9 Å². The summed E-state index contributed by atoms with van der Waals surface area (Å²) >= 11 is 0. The number of amides is 1. The van der Waals surface area contributed by atoms with Crippen molar-refractivity contribution >= 4 is 5.91 Å². The average Bonchev–Trinajstić information content (AvgIpc) is 3.12. The zero-order valence-corrected chi connectivity index (χ0v) is 14.5. The van der Waals surface area contributed by atoms with Crippen LogP contribution in [0.15, 0.2) is 41.0 Å². The molecule has 1 N–H and O–H groups in total. The third-order valence-electron chi connectivity index (χ3n) is 5.21. The molecule has 3 aliphatic rings. The minimum atomic E-state index is -4.48. The Hall–Kier alpha value is -2.48. The first-order valence-corrected chi connectivity index (χ1v) is 8.85. The molecule has 0 saturated carbocycles. The molecule has 0 aliphatic carbocycles. The minimum Gasteiger partial charge on any atom is -0.433 e. The number of rotatable bonds is 4. The zero-order chi connectivity index (χ0) is 19.0. The standard InChI is InChI=1S/C19H19F3N2O3/c20-19(21,22)14-9-17(26-11-14)27-15-3-1-13(2-4-15)18(25)23-16-10-24-7-5-12(16)6-8-24/h1-4,9,11-12,16H,5-8,10H2,(H,23,25)/t16-/m0/s1. The molecule has 8 heteroatoms. The summed E-state index contributed by atoms with van der Waals surface area (Å²) in [7, 11) is 0. The number of carbonyl (C=O) groups is 1. The highest BCUT2D eigenvalue weighted by Gasteiger charge is 2.35. The van der Waals surface area contributed by atoms with Crippen LogP contribution in [0.25, 0.3) is 0 Å². The number of nitrogens with one attached hydrogen (secondary N) is 1. The van der Waals surface area contributed by atoms with Gasteiger partial charge in [0.1, 0.15) is 12.0 Å². The van der Waals surface area contributed by atoms with E-state index in [1.54, 1.807) is 12.1 Å². The number of halogens is 3. The van der Waals surface area contributed by atoms with Crippen LogP contribution in [0.2, 0.25) is 0 Å². The van der Waals surface area contributed by atoms with Gasteiger partial charge in [-0.2, -0.15) is 13.2 Å². The van der Waals surface area contributed by atoms with E-state index < -0.39 is 11.7 Å². The van der Waals surface area contributed by atoms with Gasteiger partial charge in [0.05, 0.1) is 5.56 Å². The maximum Gasteiger partial charge on any atom is 0.419 e. The van der Waals surface area contributed by atoms with Crippen molar-refractivity contribution in [1.82, 2.24) is 10.2 Å². The molecular weight excluding hydrogens is 361 g/mol. The van der Waals surface area contributed by atoms with Crippen LogP contribution in [0.1, 0.15) is 28.8 Å². The summed E-state index contributed by atoms with van der Waals surface area (Å²) in [6.07, 6.45) is -1.66. The molecule has 0 spiro atoms. The van der Waals surface area contributed by atoms with Crippen LogP contribution in [0.4, 0.5) is 13.2 Å². The molecule has 1 atom stereocenters. The van der Waals surface area contributed by atoms with E-state index in [9.17, 15) is 18.0 Å². The van der Waals surface area contributed by atoms with Crippen molar-refractivity contribution in [2.75, 3.05) is 19.6 Å². The van der Waals surface area contributed by atoms with E-state index in [4.69, 9.17) is 9.15 Å². The SMILES string of the molecule is O=C(N[C@H]1CN2CCC1CC2)c1ccc(Oc2cc(C(F)(F)F)co2)cc1. The molecule has 3 aliphatic heterocycles. The number of piperidine rings is 3. The minimum absolute atomic E-state index is 0.155. The van der Waals surface area contributed by atoms with Crippen LogP contribution in [-0.4, -0.2) is 36.5 Å². The van der Waals surface area contributed by atoms with Gasteiger partial charge in [-0.1, -0.05) is 0 Å². The van der Waals surface area contributed by atoms with Crippen molar-refractivity contribution in [1.29, 1.82) is 0 Å². The van der Waals surface area contributed by atoms with Crippen LogP contribution in [0.3, 0.4) is 0 Å². The van der Waals surface area contributed by atoms with E-state index in [1.165, 1.54) is 12.1 Å². The molecule has 2 bridgehead atoms. The maximum atomic E-state index is 12.6. The van der Waals surface area contributed by atoms with E-state index in [2.05, 4.69) is 10.2 Å². The van der Waals surface area contributed by atoms with Crippen molar-refractivity contribution in [2.45, 2.75) is 25.1 Å². The first kappa shape index (κ1) is 17.9. The lowest BCUT2D eigenvalue weighted by Crippen LogP contribution is -2.57. The third-order valence-corrected chi connectivity index (χ3v) is 5.21. The van der Waals surface area contributed by atoms with Crippen LogP contribution >= 0.6 is 0 Å². The molecule has 1 amide bonds. The van der Waals surface area contributed by atoms with Gasteiger partial charge >= 0.3 is 6.18 Å². The Morgan fingerprint density at radius 3 is 2.44 bits per heavy atom. The van der Waals surface area contributed by atoms with Crippen LogP contribution in [-0.2, 0) is 6.18 Å². The predicted octanol–water partition coefficient (Wildman–Crippen LogP) is 3.91. The molecule has 4 heterocycles. The lowest BCUT2D eigenvalue weighted by Gasteiger charge is -2.44. The lowest BCUT2D eigenvalue weighted by atomic mass is 9.84. The van der Waals surface area contributed by atoms with E-state index in [1.807, 2.05) is 0 Å². The summed E-state index contributed by atoms with van der Waals surface area (Å²) in [5.41, 5.74) is -0.430. The van der Waals surface area contributed by atoms with Gasteiger partial charge in [0, 0.05) is 24.2 Å². The normalized spacial score (nSPS) is 24.6. The fourth-order valence-corrected chi connectivity index (χ4v) is 3.69. The second-order valence-corrected chi connectivity index (χ2v) is 7.00. The molecular formula is C19H19F3N2O3. The van der Waals surface area contributed by atoms with Gasteiger partial charge in [-0.15, -0.1) is 0 Å². The van der Waals surface area contributed by atoms with Crippen molar-refractivity contribution in [3.8, 4) is 11.7 Å². The second kappa shape index (κ2) is 6.92. The van der Waals surface area contributed by atoms with E-state index in [0.29, 0.717) is 17.7 Å². The number of nitrogens with zero attached hydrogens (tertiary/aromatic N) is 1. The first-order valence-electron chi connectivity index (χ1n) is 8.85. The zero-order valence-electron chi connectivity index (χ0n) is 14.5. The van der Waals surface area contributed by atoms with Gasteiger partial charge in [-0.25, -0.2) is 0 Å². The van der Waals surface area contributed by atoms with Gasteiger partial charge in [-0.05, 0) is 56.1 Å². The summed E-state index contributed by atoms with van der Waals surface area (Å²) in [6.45, 7) is 3.09. The van der Waals surface area contributed by atoms with Crippen molar-refractivity contribution < 1.29 is 27.1 Å². The third kappa shape index (κ3) is 3.95. The molecule has 1 aromatic heterocycles. The fourth-order valence-electron chi connectivity index (χ4n) is 3.69. The Kier molecular flexibility index (Phi) is 4.59. The Morgan fingerprint density at radius 2 is 1.89 bits per heavy atom. The van der Waals surface area contributed by atoms with Crippen LogP contribution < -0.4 is 10.1 Å². The average molecular weight is 380 g/mol. The van der Waals surface area contributed by atoms with Gasteiger partial charge in [-0.3, -0.25) is 4.79 Å². The van der Waals surface area contributed by atoms with Crippen molar-refractivity contribution in [3.63, 3.8) is 0 Å². The molecule has 0 radical (unpaired) electrons. The molecule has 27 heavy (non-hydrogen) atoms. The second-order valence-electron chi connectivity index (χ2n) is 7.00. The molecule has 0 unspecified atom stereocenters. The molecule has 144 valence electrons. The molecule has 1 aromatic carbocycles. The highest BCUT2D eigenvalue weighted by Crippen LogP contribution is 2.34. The van der Waals surface area contributed by atoms with Gasteiger partial charge in [0.2, 0.25) is 0 Å². The topological polar surface area (TPSA) is 54.7 Å². The summed E-state index contributed by atoms with van der Waals surface area (Å²) in [5.74, 6) is 0.408. The Morgan fingerprint density at radius 1 is 1.19 bits per heavy atom. The number of furan rings is 1. The van der Waals surface area contributed by atoms with Crippen molar-refractivity contribution in [2.24, 2.45) is 5.92 Å². The summed E-state index contributed by atoms with van der Waals surface area (Å²) in [6, 6.07) is 7.18. The van der Waals surface area contributed by atoms with Gasteiger partial charge < -0.3 is 19.4 Å². The van der Waals surface area contributed by atoms with Crippen molar-refractivity contribution in [3.05, 3.63) is 47.7 Å². The number of ether oxygens (including phenoxy) is 1. The molecule has 3 fully saturated rings. The molecule has 2 aromatic rings. The highest BCUT2D eigenvalue weighted by molar-refractivity contribution is 5.94. The Balaban J connectivity index is 1.37. The lowest BCUT2D eigenvalue weighted by molar-refractivity contribution is -0.137. The number of carbonyl (C=O) groups excluding carboxylic acids is 1. The summed E-state index contributed by atoms with van der Waals surface area (Å²) in [5, 5.41) is 3.09. The van der Waals surface area contributed by atoms with E-state index in [-0.39, 0.29) is 23.6 Å². The number of hydrogen-bond donors (Lipinski definition) is 1. The smallest absolute Gasteiger partial charge is 0.419 e. The highest BCUT2D eigenvalue weighted by atomic mass is 19.4. The Labute approximate surface area is 154 Å². The quantitative estimate of drug-likeness (QED) is 0.874. The molecule has 5 nitrogen and oxygen atoms in total. The first-order chi connectivity index (χ1) is 12.9. The molecule has 3 saturated heterocycles. The van der Waals surface area contributed by atoms with Crippen LogP contribution in [0, 0.1) is 5.92 Å². The fraction of sp³-hybridized carbons (Fsp3) is 0.421. The number of fused-ring (bicyclic) bond motifs is 3. The predicted molar refractivity (Wildman–Crippen MR) is 90.6 cm³/mol. The number of hydrogen-bond acceptors (Lipinski definition) is 4. The van der Waals surface area contributed by atoms with Gasteiger partial charge in [0.15, 0.2) is 0 Å². The van der Waals surface area contributed by atoms with Crippen LogP contribution in [0.5, 0.6) is 11.7 Å². The number of alkyl halides is 3. The maximum absolute atomic E-state index is 12.6. The summed E-state index contributed by atoms with van der Waals surface area (Å²) in [4.78, 5) is 14.8. The summed E-state index contributed by atoms with van der Waals surface area (Å²) < 4.78 is 47.8.